The van der Waals surface area contributed by atoms with Gasteiger partial charge in [-0.3, -0.25) is 0 Å². The zero-order valence-corrected chi connectivity index (χ0v) is 13.3. The molecule has 2 aromatic rings. The summed E-state index contributed by atoms with van der Waals surface area (Å²) in [5, 5.41) is 4.06. The number of anilines is 2. The Kier molecular flexibility index (Phi) is 5.21. The van der Waals surface area contributed by atoms with Crippen LogP contribution in [0.3, 0.4) is 0 Å². The maximum Gasteiger partial charge on any atom is 0.125 e. The van der Waals surface area contributed by atoms with Gasteiger partial charge in [-0.1, -0.05) is 30.7 Å². The van der Waals surface area contributed by atoms with Gasteiger partial charge >= 0.3 is 0 Å². The maximum atomic E-state index is 13.3. The van der Waals surface area contributed by atoms with E-state index < -0.39 is 0 Å². The van der Waals surface area contributed by atoms with Crippen LogP contribution in [-0.2, 0) is 0 Å². The summed E-state index contributed by atoms with van der Waals surface area (Å²) in [5.74, 6) is -0.247. The van der Waals surface area contributed by atoms with E-state index in [4.69, 9.17) is 11.6 Å². The second-order valence-corrected chi connectivity index (χ2v) is 5.43. The van der Waals surface area contributed by atoms with Crippen molar-refractivity contribution < 1.29 is 4.39 Å². The Balaban J connectivity index is 2.27. The van der Waals surface area contributed by atoms with Crippen molar-refractivity contribution in [3.63, 3.8) is 0 Å². The van der Waals surface area contributed by atoms with Crippen LogP contribution < -0.4 is 10.2 Å². The molecule has 0 saturated heterocycles. The van der Waals surface area contributed by atoms with Gasteiger partial charge in [0.15, 0.2) is 0 Å². The number of nitrogens with zero attached hydrogens (tertiary/aromatic N) is 1. The Morgan fingerprint density at radius 3 is 2.52 bits per heavy atom. The van der Waals surface area contributed by atoms with Crippen LogP contribution in [-0.4, -0.2) is 13.6 Å². The minimum atomic E-state index is -0.247. The highest BCUT2D eigenvalue weighted by atomic mass is 35.5. The van der Waals surface area contributed by atoms with E-state index in [1.807, 2.05) is 36.2 Å². The largest absolute Gasteiger partial charge is 0.344 e. The average molecular weight is 307 g/mol. The van der Waals surface area contributed by atoms with Gasteiger partial charge in [0.2, 0.25) is 0 Å². The van der Waals surface area contributed by atoms with Crippen molar-refractivity contribution in [3.8, 4) is 0 Å². The summed E-state index contributed by atoms with van der Waals surface area (Å²) < 4.78 is 13.3. The highest BCUT2D eigenvalue weighted by Crippen LogP contribution is 2.30. The van der Waals surface area contributed by atoms with Crippen LogP contribution in [0.1, 0.15) is 25.5 Å². The van der Waals surface area contributed by atoms with Gasteiger partial charge in [-0.15, -0.1) is 0 Å². The summed E-state index contributed by atoms with van der Waals surface area (Å²) in [6.45, 7) is 5.04. The number of hydrogen-bond acceptors (Lipinski definition) is 2. The molecule has 0 saturated carbocycles. The van der Waals surface area contributed by atoms with Gasteiger partial charge in [0.05, 0.1) is 0 Å². The predicted molar refractivity (Wildman–Crippen MR) is 88.0 cm³/mol. The Morgan fingerprint density at radius 1 is 1.19 bits per heavy atom. The number of rotatable bonds is 5. The van der Waals surface area contributed by atoms with Crippen LogP contribution in [0.2, 0.25) is 5.02 Å². The van der Waals surface area contributed by atoms with Crippen LogP contribution in [0, 0.1) is 5.82 Å². The Labute approximate surface area is 130 Å². The fourth-order valence-electron chi connectivity index (χ4n) is 2.33. The third kappa shape index (κ3) is 3.74. The molecule has 0 bridgehead atoms. The van der Waals surface area contributed by atoms with E-state index in [9.17, 15) is 4.39 Å². The highest BCUT2D eigenvalue weighted by molar-refractivity contribution is 6.31. The van der Waals surface area contributed by atoms with Crippen molar-refractivity contribution in [2.45, 2.75) is 19.9 Å². The van der Waals surface area contributed by atoms with Gasteiger partial charge in [0.25, 0.3) is 0 Å². The molecule has 112 valence electrons. The molecule has 0 amide bonds. The fraction of sp³-hybridized carbons (Fsp3) is 0.294. The first-order chi connectivity index (χ1) is 10.0. The minimum absolute atomic E-state index is 0.205. The molecule has 0 aliphatic rings. The van der Waals surface area contributed by atoms with E-state index in [2.05, 4.69) is 19.2 Å². The quantitative estimate of drug-likeness (QED) is 0.843. The molecule has 0 radical (unpaired) electrons. The summed E-state index contributed by atoms with van der Waals surface area (Å²) in [6.07, 6.45) is 0. The molecule has 0 aliphatic heterocycles. The molecule has 4 heteroatoms. The van der Waals surface area contributed by atoms with Gasteiger partial charge in [0.1, 0.15) is 5.82 Å². The molecule has 0 fully saturated rings. The number of halogens is 2. The first kappa shape index (κ1) is 15.8. The number of benzene rings is 2. The van der Waals surface area contributed by atoms with Gasteiger partial charge in [0, 0.05) is 29.5 Å². The summed E-state index contributed by atoms with van der Waals surface area (Å²) in [7, 11) is 1.90. The number of hydrogen-bond donors (Lipinski definition) is 1. The second kappa shape index (κ2) is 6.92. The van der Waals surface area contributed by atoms with Gasteiger partial charge in [-0.25, -0.2) is 4.39 Å². The van der Waals surface area contributed by atoms with Crippen LogP contribution >= 0.6 is 11.6 Å². The van der Waals surface area contributed by atoms with Crippen molar-refractivity contribution in [2.75, 3.05) is 18.5 Å². The lowest BCUT2D eigenvalue weighted by atomic mass is 10.1. The van der Waals surface area contributed by atoms with E-state index in [1.165, 1.54) is 12.1 Å². The lowest BCUT2D eigenvalue weighted by Gasteiger charge is -2.22. The van der Waals surface area contributed by atoms with E-state index in [1.54, 1.807) is 6.07 Å². The topological polar surface area (TPSA) is 15.3 Å². The normalized spacial score (nSPS) is 12.2. The molecule has 1 N–H and O–H groups in total. The second-order valence-electron chi connectivity index (χ2n) is 5.02. The summed E-state index contributed by atoms with van der Waals surface area (Å²) >= 11 is 6.38. The molecule has 2 nitrogen and oxygen atoms in total. The zero-order valence-electron chi connectivity index (χ0n) is 12.5. The first-order valence-corrected chi connectivity index (χ1v) is 7.43. The van der Waals surface area contributed by atoms with Crippen LogP contribution in [0.25, 0.3) is 0 Å². The monoisotopic (exact) mass is 306 g/mol. The molecule has 2 rings (SSSR count). The number of nitrogens with one attached hydrogen (secondary N) is 1. The lowest BCUT2D eigenvalue weighted by Crippen LogP contribution is -2.18. The van der Waals surface area contributed by atoms with E-state index in [0.29, 0.717) is 5.02 Å². The summed E-state index contributed by atoms with van der Waals surface area (Å²) in [6, 6.07) is 12.6. The van der Waals surface area contributed by atoms with Gasteiger partial charge in [-0.05, 0) is 49.4 Å². The van der Waals surface area contributed by atoms with Crippen LogP contribution in [0.5, 0.6) is 0 Å². The van der Waals surface area contributed by atoms with Gasteiger partial charge < -0.3 is 10.2 Å². The van der Waals surface area contributed by atoms with Crippen molar-refractivity contribution >= 4 is 23.0 Å². The van der Waals surface area contributed by atoms with Crippen molar-refractivity contribution in [3.05, 3.63) is 58.9 Å². The Bertz CT molecular complexity index is 615. The average Bonchev–Trinajstić information content (AvgIpc) is 2.46. The van der Waals surface area contributed by atoms with E-state index in [-0.39, 0.29) is 11.9 Å². The molecule has 0 spiro atoms. The van der Waals surface area contributed by atoms with Crippen molar-refractivity contribution in [1.29, 1.82) is 0 Å². The highest BCUT2D eigenvalue weighted by Gasteiger charge is 2.11. The molecule has 21 heavy (non-hydrogen) atoms. The lowest BCUT2D eigenvalue weighted by molar-refractivity contribution is 0.598. The summed E-state index contributed by atoms with van der Waals surface area (Å²) in [4.78, 5) is 1.91. The molecular weight excluding hydrogens is 287 g/mol. The van der Waals surface area contributed by atoms with E-state index in [0.717, 1.165) is 23.5 Å². The molecule has 1 unspecified atom stereocenters. The van der Waals surface area contributed by atoms with Crippen LogP contribution in [0.15, 0.2) is 42.5 Å². The molecule has 0 aromatic heterocycles. The zero-order chi connectivity index (χ0) is 15.4. The van der Waals surface area contributed by atoms with Crippen molar-refractivity contribution in [1.82, 2.24) is 5.32 Å². The van der Waals surface area contributed by atoms with E-state index >= 15 is 0 Å². The Morgan fingerprint density at radius 2 is 1.90 bits per heavy atom. The minimum Gasteiger partial charge on any atom is -0.344 e. The maximum absolute atomic E-state index is 13.3. The predicted octanol–water partition coefficient (Wildman–Crippen LogP) is 4.92. The third-order valence-corrected chi connectivity index (χ3v) is 3.87. The molecule has 0 heterocycles. The third-order valence-electron chi connectivity index (χ3n) is 3.54. The SMILES string of the molecule is CCNC(C)c1ccc(N(C)c2cccc(F)c2)cc1Cl. The summed E-state index contributed by atoms with van der Waals surface area (Å²) in [5.41, 5.74) is 2.78. The molecular formula is C17H20ClFN2. The van der Waals surface area contributed by atoms with Crippen molar-refractivity contribution in [2.24, 2.45) is 0 Å². The molecule has 0 aliphatic carbocycles. The standard InChI is InChI=1S/C17H20ClFN2/c1-4-20-12(2)16-9-8-15(11-17(16)18)21(3)14-7-5-6-13(19)10-14/h5-12,20H,4H2,1-3H3. The smallest absolute Gasteiger partial charge is 0.125 e. The Hall–Kier alpha value is -1.58. The fourth-order valence-corrected chi connectivity index (χ4v) is 2.66. The van der Waals surface area contributed by atoms with Crippen LogP contribution in [0.4, 0.5) is 15.8 Å². The van der Waals surface area contributed by atoms with Gasteiger partial charge in [-0.2, -0.15) is 0 Å². The molecule has 1 atom stereocenters. The molecule has 2 aromatic carbocycles. The first-order valence-electron chi connectivity index (χ1n) is 7.05.